The van der Waals surface area contributed by atoms with E-state index in [0.717, 1.165) is 0 Å². The van der Waals surface area contributed by atoms with E-state index < -0.39 is 23.7 Å². The minimum Gasteiger partial charge on any atom is -0.480 e. The van der Waals surface area contributed by atoms with Crippen LogP contribution in [-0.2, 0) is 14.3 Å². The fourth-order valence-corrected chi connectivity index (χ4v) is 1.41. The second-order valence-corrected chi connectivity index (χ2v) is 4.36. The van der Waals surface area contributed by atoms with E-state index >= 15 is 0 Å². The Labute approximate surface area is 82.4 Å². The molecule has 5 heteroatoms. The molecule has 0 bridgehead atoms. The molecular weight excluding hydrogens is 186 g/mol. The summed E-state index contributed by atoms with van der Waals surface area (Å²) in [6.07, 6.45) is -0.450. The van der Waals surface area contributed by atoms with E-state index in [-0.39, 0.29) is 12.3 Å². The molecule has 0 aromatic rings. The van der Waals surface area contributed by atoms with Crippen LogP contribution in [0.15, 0.2) is 0 Å². The summed E-state index contributed by atoms with van der Waals surface area (Å²) in [5, 5.41) is 11.2. The average Bonchev–Trinajstić information content (AvgIpc) is 2.27. The number of carbonyl (C=O) groups is 2. The number of aliphatic carboxylic acids is 1. The number of rotatable bonds is 2. The van der Waals surface area contributed by atoms with Crippen molar-refractivity contribution < 1.29 is 19.4 Å². The van der Waals surface area contributed by atoms with E-state index in [1.165, 1.54) is 0 Å². The summed E-state index contributed by atoms with van der Waals surface area (Å²) in [4.78, 5) is 21.7. The van der Waals surface area contributed by atoms with Crippen LogP contribution in [0.3, 0.4) is 0 Å². The highest BCUT2D eigenvalue weighted by Gasteiger charge is 2.40. The zero-order valence-corrected chi connectivity index (χ0v) is 8.53. The molecule has 0 radical (unpaired) electrons. The number of hydrogen-bond donors (Lipinski definition) is 2. The predicted octanol–water partition coefficient (Wildman–Crippen LogP) is 0.143. The van der Waals surface area contributed by atoms with Crippen molar-refractivity contribution in [2.24, 2.45) is 0 Å². The lowest BCUT2D eigenvalue weighted by Gasteiger charge is -2.26. The van der Waals surface area contributed by atoms with Crippen molar-refractivity contribution in [3.63, 3.8) is 0 Å². The van der Waals surface area contributed by atoms with Gasteiger partial charge in [0.05, 0.1) is 18.1 Å². The second kappa shape index (κ2) is 3.57. The number of hydrogen-bond acceptors (Lipinski definition) is 3. The lowest BCUT2D eigenvalue weighted by atomic mass is 10.1. The Bertz CT molecular complexity index is 256. The zero-order valence-electron chi connectivity index (χ0n) is 8.53. The van der Waals surface area contributed by atoms with Crippen molar-refractivity contribution >= 4 is 11.9 Å². The normalized spacial score (nSPS) is 27.5. The van der Waals surface area contributed by atoms with E-state index in [0.29, 0.717) is 0 Å². The number of carboxylic acids is 1. The maximum absolute atomic E-state index is 11.0. The standard InChI is InChI=1S/C9H15NO4/c1-9(2,3)14-5-4-6(11)10-7(5)8(12)13/h5,7H,4H2,1-3H3,(H,10,11)(H,12,13)/t5-,7-/m0/s1. The van der Waals surface area contributed by atoms with Crippen molar-refractivity contribution in [1.29, 1.82) is 0 Å². The van der Waals surface area contributed by atoms with E-state index in [1.807, 2.05) is 20.8 Å². The van der Waals surface area contributed by atoms with Gasteiger partial charge in [-0.1, -0.05) is 0 Å². The SMILES string of the molecule is CC(C)(C)O[C@H]1CC(=O)N[C@@H]1C(=O)O. The van der Waals surface area contributed by atoms with Gasteiger partial charge in [-0.3, -0.25) is 4.79 Å². The molecule has 0 aromatic heterocycles. The molecule has 1 saturated heterocycles. The molecule has 0 aromatic carbocycles. The highest BCUT2D eigenvalue weighted by atomic mass is 16.5. The molecule has 1 fully saturated rings. The molecule has 2 atom stereocenters. The lowest BCUT2D eigenvalue weighted by Crippen LogP contribution is -2.43. The highest BCUT2D eigenvalue weighted by Crippen LogP contribution is 2.19. The van der Waals surface area contributed by atoms with Gasteiger partial charge in [-0.15, -0.1) is 0 Å². The summed E-state index contributed by atoms with van der Waals surface area (Å²) in [6.45, 7) is 5.48. The molecule has 0 aliphatic carbocycles. The fraction of sp³-hybridized carbons (Fsp3) is 0.778. The molecular formula is C9H15NO4. The Balaban J connectivity index is 2.67. The van der Waals surface area contributed by atoms with Crippen LogP contribution in [0, 0.1) is 0 Å². The molecule has 2 N–H and O–H groups in total. The summed E-state index contributed by atoms with van der Waals surface area (Å²) in [5.41, 5.74) is -0.440. The van der Waals surface area contributed by atoms with Crippen LogP contribution in [0.2, 0.25) is 0 Å². The topological polar surface area (TPSA) is 75.6 Å². The Morgan fingerprint density at radius 2 is 2.14 bits per heavy atom. The van der Waals surface area contributed by atoms with Crippen molar-refractivity contribution in [3.8, 4) is 0 Å². The molecule has 1 rings (SSSR count). The van der Waals surface area contributed by atoms with Crippen molar-refractivity contribution in [3.05, 3.63) is 0 Å². The predicted molar refractivity (Wildman–Crippen MR) is 48.8 cm³/mol. The third kappa shape index (κ3) is 2.70. The van der Waals surface area contributed by atoms with Gasteiger partial charge in [-0.2, -0.15) is 0 Å². The number of amides is 1. The third-order valence-corrected chi connectivity index (χ3v) is 1.85. The first-order valence-electron chi connectivity index (χ1n) is 4.49. The Hall–Kier alpha value is -1.10. The summed E-state index contributed by atoms with van der Waals surface area (Å²) in [6, 6.07) is -0.915. The monoisotopic (exact) mass is 201 g/mol. The van der Waals surface area contributed by atoms with E-state index in [9.17, 15) is 9.59 Å². The summed E-state index contributed by atoms with van der Waals surface area (Å²) in [5.74, 6) is -1.32. The molecule has 80 valence electrons. The molecule has 0 saturated carbocycles. The van der Waals surface area contributed by atoms with Crippen LogP contribution < -0.4 is 5.32 Å². The van der Waals surface area contributed by atoms with E-state index in [4.69, 9.17) is 9.84 Å². The lowest BCUT2D eigenvalue weighted by molar-refractivity contribution is -0.145. The second-order valence-electron chi connectivity index (χ2n) is 4.36. The largest absolute Gasteiger partial charge is 0.480 e. The molecule has 0 spiro atoms. The zero-order chi connectivity index (χ0) is 10.9. The number of ether oxygens (including phenoxy) is 1. The molecule has 14 heavy (non-hydrogen) atoms. The minimum absolute atomic E-state index is 0.119. The van der Waals surface area contributed by atoms with Crippen molar-refractivity contribution in [2.45, 2.75) is 44.9 Å². The van der Waals surface area contributed by atoms with Crippen molar-refractivity contribution in [1.82, 2.24) is 5.32 Å². The molecule has 1 heterocycles. The number of carbonyl (C=O) groups excluding carboxylic acids is 1. The van der Waals surface area contributed by atoms with E-state index in [2.05, 4.69) is 5.32 Å². The molecule has 5 nitrogen and oxygen atoms in total. The molecule has 0 unspecified atom stereocenters. The van der Waals surface area contributed by atoms with Gasteiger partial charge < -0.3 is 15.2 Å². The maximum atomic E-state index is 11.0. The van der Waals surface area contributed by atoms with Crippen LogP contribution in [0.1, 0.15) is 27.2 Å². The molecule has 1 aliphatic rings. The van der Waals surface area contributed by atoms with Crippen LogP contribution in [-0.4, -0.2) is 34.7 Å². The van der Waals surface area contributed by atoms with Crippen molar-refractivity contribution in [2.75, 3.05) is 0 Å². The third-order valence-electron chi connectivity index (χ3n) is 1.85. The van der Waals surface area contributed by atoms with E-state index in [1.54, 1.807) is 0 Å². The first-order chi connectivity index (χ1) is 6.29. The number of nitrogens with one attached hydrogen (secondary N) is 1. The maximum Gasteiger partial charge on any atom is 0.328 e. The smallest absolute Gasteiger partial charge is 0.328 e. The van der Waals surface area contributed by atoms with Gasteiger partial charge in [-0.05, 0) is 20.8 Å². The van der Waals surface area contributed by atoms with Gasteiger partial charge in [0.25, 0.3) is 0 Å². The van der Waals surface area contributed by atoms with Gasteiger partial charge >= 0.3 is 5.97 Å². The Morgan fingerprint density at radius 3 is 2.57 bits per heavy atom. The van der Waals surface area contributed by atoms with Crippen LogP contribution in [0.4, 0.5) is 0 Å². The van der Waals surface area contributed by atoms with Gasteiger partial charge in [0.1, 0.15) is 0 Å². The van der Waals surface area contributed by atoms with Gasteiger partial charge in [0, 0.05) is 0 Å². The van der Waals surface area contributed by atoms with Crippen LogP contribution in [0.5, 0.6) is 0 Å². The van der Waals surface area contributed by atoms with Gasteiger partial charge in [0.15, 0.2) is 6.04 Å². The number of carboxylic acid groups (broad SMARTS) is 1. The summed E-state index contributed by atoms with van der Waals surface area (Å²) < 4.78 is 5.48. The van der Waals surface area contributed by atoms with Crippen LogP contribution in [0.25, 0.3) is 0 Å². The Kier molecular flexibility index (Phi) is 2.80. The summed E-state index contributed by atoms with van der Waals surface area (Å²) in [7, 11) is 0. The van der Waals surface area contributed by atoms with Crippen LogP contribution >= 0.6 is 0 Å². The average molecular weight is 201 g/mol. The first kappa shape index (κ1) is 11.0. The Morgan fingerprint density at radius 1 is 1.57 bits per heavy atom. The first-order valence-corrected chi connectivity index (χ1v) is 4.49. The van der Waals surface area contributed by atoms with Gasteiger partial charge in [0.2, 0.25) is 5.91 Å². The highest BCUT2D eigenvalue weighted by molar-refractivity contribution is 5.88. The van der Waals surface area contributed by atoms with Gasteiger partial charge in [-0.25, -0.2) is 4.79 Å². The molecule has 1 aliphatic heterocycles. The minimum atomic E-state index is -1.05. The quantitative estimate of drug-likeness (QED) is 0.666. The fourth-order valence-electron chi connectivity index (χ4n) is 1.41. The summed E-state index contributed by atoms with van der Waals surface area (Å²) >= 11 is 0. The molecule has 1 amide bonds.